The van der Waals surface area contributed by atoms with Gasteiger partial charge in [-0.25, -0.2) is 0 Å². The minimum atomic E-state index is -0.151. The quantitative estimate of drug-likeness (QED) is 0.712. The van der Waals surface area contributed by atoms with Crippen LogP contribution in [0.4, 0.5) is 0 Å². The molecule has 0 aliphatic carbocycles. The van der Waals surface area contributed by atoms with Gasteiger partial charge in [0, 0.05) is 25.8 Å². The van der Waals surface area contributed by atoms with E-state index in [1.807, 2.05) is 24.0 Å². The van der Waals surface area contributed by atoms with Crippen molar-refractivity contribution in [2.24, 2.45) is 0 Å². The minimum absolute atomic E-state index is 0.0180. The van der Waals surface area contributed by atoms with Crippen molar-refractivity contribution >= 4 is 23.1 Å². The van der Waals surface area contributed by atoms with Crippen LogP contribution in [0, 0.1) is 22.7 Å². The maximum atomic E-state index is 12.3. The van der Waals surface area contributed by atoms with Crippen molar-refractivity contribution in [2.75, 3.05) is 26.3 Å². The highest BCUT2D eigenvalue weighted by atomic mass is 32.1. The third-order valence-electron chi connectivity index (χ3n) is 3.01. The molecular weight excluding hydrogens is 276 g/mol. The molecule has 1 saturated heterocycles. The molecule has 2 rings (SSSR count). The number of morpholine rings is 1. The Labute approximate surface area is 120 Å². The zero-order chi connectivity index (χ0) is 14.5. The maximum absolute atomic E-state index is 12.3. The van der Waals surface area contributed by atoms with E-state index in [1.165, 1.54) is 15.9 Å². The van der Waals surface area contributed by atoms with E-state index >= 15 is 0 Å². The van der Waals surface area contributed by atoms with Crippen molar-refractivity contribution in [1.82, 2.24) is 9.47 Å². The monoisotopic (exact) mass is 290 g/mol. The molecule has 0 spiro atoms. The summed E-state index contributed by atoms with van der Waals surface area (Å²) in [4.78, 5) is 14.3. The van der Waals surface area contributed by atoms with Gasteiger partial charge >= 0.3 is 0 Å². The lowest BCUT2D eigenvalue weighted by molar-refractivity contribution is 0.0663. The van der Waals surface area contributed by atoms with E-state index in [4.69, 9.17) is 15.3 Å². The Balaban J connectivity index is 2.61. The first-order valence-corrected chi connectivity index (χ1v) is 7.10. The Hall–Kier alpha value is -2.09. The summed E-state index contributed by atoms with van der Waals surface area (Å²) in [5, 5.41) is 17.9. The standard InChI is InChI=1S/C13H14N4O2S/c1-2-17-12(18)11(9-16-3-5-19-6-4-16)20-13(17)10(7-14)8-15/h9H,2-6H2,1H3/b11-9-. The molecular formula is C13H14N4O2S. The SMILES string of the molecule is CCn1c(=C(C#N)C#N)s/c(=C\N2CCOCC2)c1=O. The second-order valence-corrected chi connectivity index (χ2v) is 5.23. The normalized spacial score (nSPS) is 15.8. The summed E-state index contributed by atoms with van der Waals surface area (Å²) in [6.07, 6.45) is 1.80. The van der Waals surface area contributed by atoms with E-state index < -0.39 is 0 Å². The average Bonchev–Trinajstić information content (AvgIpc) is 2.78. The van der Waals surface area contributed by atoms with E-state index in [9.17, 15) is 4.79 Å². The van der Waals surface area contributed by atoms with Crippen LogP contribution in [0.2, 0.25) is 0 Å². The average molecular weight is 290 g/mol. The van der Waals surface area contributed by atoms with Crippen LogP contribution < -0.4 is 14.8 Å². The Morgan fingerprint density at radius 1 is 1.40 bits per heavy atom. The molecule has 2 heterocycles. The van der Waals surface area contributed by atoms with Crippen molar-refractivity contribution in [3.05, 3.63) is 19.5 Å². The maximum Gasteiger partial charge on any atom is 0.270 e. The highest BCUT2D eigenvalue weighted by Gasteiger charge is 2.10. The van der Waals surface area contributed by atoms with Crippen molar-refractivity contribution in [3.63, 3.8) is 0 Å². The topological polar surface area (TPSA) is 82.1 Å². The second kappa shape index (κ2) is 6.38. The molecule has 0 atom stereocenters. The molecule has 1 fully saturated rings. The first-order valence-electron chi connectivity index (χ1n) is 6.29. The molecule has 1 aromatic heterocycles. The van der Waals surface area contributed by atoms with Crippen molar-refractivity contribution < 1.29 is 4.74 Å². The first-order chi connectivity index (χ1) is 9.71. The van der Waals surface area contributed by atoms with E-state index in [0.717, 1.165) is 13.1 Å². The smallest absolute Gasteiger partial charge is 0.270 e. The third kappa shape index (κ3) is 2.74. The Morgan fingerprint density at radius 2 is 2.05 bits per heavy atom. The number of ether oxygens (including phenoxy) is 1. The van der Waals surface area contributed by atoms with Crippen LogP contribution in [-0.2, 0) is 11.3 Å². The minimum Gasteiger partial charge on any atom is -0.378 e. The summed E-state index contributed by atoms with van der Waals surface area (Å²) in [6.45, 7) is 5.03. The predicted octanol–water partition coefficient (Wildman–Crippen LogP) is -0.802. The summed E-state index contributed by atoms with van der Waals surface area (Å²) in [5.41, 5.74) is -0.169. The lowest BCUT2D eigenvalue weighted by Crippen LogP contribution is -2.36. The number of aromatic nitrogens is 1. The number of rotatable bonds is 2. The van der Waals surface area contributed by atoms with Gasteiger partial charge in [-0.05, 0) is 6.92 Å². The van der Waals surface area contributed by atoms with Gasteiger partial charge < -0.3 is 9.64 Å². The molecule has 0 aromatic carbocycles. The zero-order valence-electron chi connectivity index (χ0n) is 11.1. The molecule has 0 bridgehead atoms. The van der Waals surface area contributed by atoms with Crippen LogP contribution in [0.3, 0.4) is 0 Å². The van der Waals surface area contributed by atoms with Crippen molar-refractivity contribution in [3.8, 4) is 12.1 Å². The molecule has 0 amide bonds. The molecule has 104 valence electrons. The van der Waals surface area contributed by atoms with Gasteiger partial charge in [0.15, 0.2) is 5.57 Å². The second-order valence-electron chi connectivity index (χ2n) is 4.20. The van der Waals surface area contributed by atoms with Gasteiger partial charge in [-0.3, -0.25) is 9.36 Å². The fourth-order valence-corrected chi connectivity index (χ4v) is 3.10. The highest BCUT2D eigenvalue weighted by Crippen LogP contribution is 1.97. The van der Waals surface area contributed by atoms with E-state index in [1.54, 1.807) is 6.20 Å². The van der Waals surface area contributed by atoms with Gasteiger partial charge in [-0.15, -0.1) is 11.3 Å². The van der Waals surface area contributed by atoms with Crippen molar-refractivity contribution in [1.29, 1.82) is 10.5 Å². The molecule has 7 heteroatoms. The van der Waals surface area contributed by atoms with Crippen LogP contribution in [0.5, 0.6) is 0 Å². The lowest BCUT2D eigenvalue weighted by atomic mass is 10.4. The fourth-order valence-electron chi connectivity index (χ4n) is 1.98. The highest BCUT2D eigenvalue weighted by molar-refractivity contribution is 7.07. The number of thiazole rings is 1. The summed E-state index contributed by atoms with van der Waals surface area (Å²) >= 11 is 1.19. The molecule has 0 unspecified atom stereocenters. The summed E-state index contributed by atoms with van der Waals surface area (Å²) < 4.78 is 7.71. The van der Waals surface area contributed by atoms with Crippen LogP contribution >= 0.6 is 11.3 Å². The zero-order valence-corrected chi connectivity index (χ0v) is 11.9. The Bertz CT molecular complexity index is 725. The van der Waals surface area contributed by atoms with Gasteiger partial charge in [0.2, 0.25) is 0 Å². The molecule has 6 nitrogen and oxygen atoms in total. The van der Waals surface area contributed by atoms with Crippen LogP contribution in [-0.4, -0.2) is 35.8 Å². The van der Waals surface area contributed by atoms with Crippen LogP contribution in [0.1, 0.15) is 6.92 Å². The van der Waals surface area contributed by atoms with Crippen LogP contribution in [0.15, 0.2) is 4.79 Å². The number of nitriles is 2. The van der Waals surface area contributed by atoms with E-state index in [2.05, 4.69) is 0 Å². The predicted molar refractivity (Wildman–Crippen MR) is 75.0 cm³/mol. The summed E-state index contributed by atoms with van der Waals surface area (Å²) in [5.74, 6) is 0. The first kappa shape index (κ1) is 14.3. The molecule has 1 aromatic rings. The molecule has 0 saturated carbocycles. The van der Waals surface area contributed by atoms with E-state index in [0.29, 0.717) is 29.0 Å². The number of hydrogen-bond acceptors (Lipinski definition) is 6. The van der Waals surface area contributed by atoms with Gasteiger partial charge in [0.05, 0.1) is 13.2 Å². The summed E-state index contributed by atoms with van der Waals surface area (Å²) in [7, 11) is 0. The van der Waals surface area contributed by atoms with Crippen LogP contribution in [0.25, 0.3) is 11.8 Å². The lowest BCUT2D eigenvalue weighted by Gasteiger charge is -2.24. The van der Waals surface area contributed by atoms with E-state index in [-0.39, 0.29) is 11.1 Å². The molecule has 0 N–H and O–H groups in total. The molecule has 20 heavy (non-hydrogen) atoms. The molecule has 1 aliphatic heterocycles. The van der Waals surface area contributed by atoms with Gasteiger partial charge in [-0.1, -0.05) is 0 Å². The van der Waals surface area contributed by atoms with Crippen molar-refractivity contribution in [2.45, 2.75) is 13.5 Å². The Morgan fingerprint density at radius 3 is 2.60 bits per heavy atom. The fraction of sp³-hybridized carbons (Fsp3) is 0.462. The third-order valence-corrected chi connectivity index (χ3v) is 4.12. The van der Waals surface area contributed by atoms with Gasteiger partial charge in [-0.2, -0.15) is 10.5 Å². The largest absolute Gasteiger partial charge is 0.378 e. The molecule has 1 aliphatic rings. The van der Waals surface area contributed by atoms with Gasteiger partial charge in [0.25, 0.3) is 5.56 Å². The number of hydrogen-bond donors (Lipinski definition) is 0. The molecule has 0 radical (unpaired) electrons. The number of nitrogens with zero attached hydrogens (tertiary/aromatic N) is 4. The summed E-state index contributed by atoms with van der Waals surface area (Å²) in [6, 6.07) is 3.69. The van der Waals surface area contributed by atoms with Gasteiger partial charge in [0.1, 0.15) is 21.3 Å². The Kier molecular flexibility index (Phi) is 4.57.